The quantitative estimate of drug-likeness (QED) is 0.907. The molecule has 1 aromatic carbocycles. The number of likely N-dealkylation sites (tertiary alicyclic amines) is 1. The molecule has 2 heterocycles. The first-order valence-corrected chi connectivity index (χ1v) is 8.74. The summed E-state index contributed by atoms with van der Waals surface area (Å²) in [6.07, 6.45) is 6.30. The summed E-state index contributed by atoms with van der Waals surface area (Å²) in [5.74, 6) is 0.0619. The van der Waals surface area contributed by atoms with Crippen molar-refractivity contribution in [1.29, 1.82) is 0 Å². The van der Waals surface area contributed by atoms with Crippen LogP contribution in [0, 0.1) is 0 Å². The predicted molar refractivity (Wildman–Crippen MR) is 89.7 cm³/mol. The highest BCUT2D eigenvalue weighted by molar-refractivity contribution is 6.30. The van der Waals surface area contributed by atoms with E-state index in [2.05, 4.69) is 16.3 Å². The number of nitrogens with one attached hydrogen (secondary N) is 1. The highest BCUT2D eigenvalue weighted by Gasteiger charge is 2.33. The molecule has 120 valence electrons. The minimum absolute atomic E-state index is 0.0619. The molecule has 0 bridgehead atoms. The number of H-pyrrole nitrogens is 1. The lowest BCUT2D eigenvalue weighted by atomic mass is 9.95. The summed E-state index contributed by atoms with van der Waals surface area (Å²) in [7, 11) is 0. The number of nitrogens with zero attached hydrogens (tertiary/aromatic N) is 2. The zero-order valence-corrected chi connectivity index (χ0v) is 13.8. The maximum absolute atomic E-state index is 13.1. The normalized spacial score (nSPS) is 20.6. The second kappa shape index (κ2) is 6.00. The lowest BCUT2D eigenvalue weighted by molar-refractivity contribution is 0.0728. The molecule has 1 N–H and O–H groups in total. The van der Waals surface area contributed by atoms with Gasteiger partial charge in [-0.25, -0.2) is 0 Å². The average Bonchev–Trinajstić information content (AvgIpc) is 3.21. The second-order valence-electron chi connectivity index (χ2n) is 6.45. The minimum atomic E-state index is 0.0619. The summed E-state index contributed by atoms with van der Waals surface area (Å²) in [5, 5.41) is 8.14. The first-order valence-electron chi connectivity index (χ1n) is 8.36. The van der Waals surface area contributed by atoms with Gasteiger partial charge in [-0.2, -0.15) is 5.10 Å². The Bertz CT molecular complexity index is 740. The van der Waals surface area contributed by atoms with E-state index >= 15 is 0 Å². The number of amides is 1. The summed E-state index contributed by atoms with van der Waals surface area (Å²) >= 11 is 6.12. The van der Waals surface area contributed by atoms with Crippen LogP contribution in [0.25, 0.3) is 0 Å². The standard InChI is InChI=1S/C18H20ClN3O/c19-13-6-3-5-12(11-13)16-9-4-10-22(16)18(23)17-14-7-1-2-8-15(14)20-21-17/h3,5-6,11,16H,1-2,4,7-10H2,(H,20,21)/t16-/m0/s1. The van der Waals surface area contributed by atoms with Crippen LogP contribution < -0.4 is 0 Å². The van der Waals surface area contributed by atoms with E-state index in [-0.39, 0.29) is 11.9 Å². The van der Waals surface area contributed by atoms with Crippen molar-refractivity contribution in [3.63, 3.8) is 0 Å². The molecule has 23 heavy (non-hydrogen) atoms. The zero-order valence-electron chi connectivity index (χ0n) is 13.0. The van der Waals surface area contributed by atoms with Gasteiger partial charge in [-0.15, -0.1) is 0 Å². The van der Waals surface area contributed by atoms with Gasteiger partial charge in [-0.05, 0) is 56.2 Å². The molecular weight excluding hydrogens is 310 g/mol. The third-order valence-electron chi connectivity index (χ3n) is 5.01. The Labute approximate surface area is 140 Å². The lowest BCUT2D eigenvalue weighted by Gasteiger charge is -2.25. The molecule has 1 atom stereocenters. The van der Waals surface area contributed by atoms with Gasteiger partial charge < -0.3 is 4.90 Å². The highest BCUT2D eigenvalue weighted by atomic mass is 35.5. The fourth-order valence-electron chi connectivity index (χ4n) is 3.86. The zero-order chi connectivity index (χ0) is 15.8. The van der Waals surface area contributed by atoms with E-state index in [1.165, 1.54) is 6.42 Å². The molecule has 1 aliphatic carbocycles. The first-order chi connectivity index (χ1) is 11.2. The third kappa shape index (κ3) is 2.65. The van der Waals surface area contributed by atoms with Crippen LogP contribution in [0.15, 0.2) is 24.3 Å². The van der Waals surface area contributed by atoms with Gasteiger partial charge in [0, 0.05) is 22.8 Å². The van der Waals surface area contributed by atoms with E-state index in [1.54, 1.807) is 0 Å². The maximum Gasteiger partial charge on any atom is 0.275 e. The molecule has 1 amide bonds. The third-order valence-corrected chi connectivity index (χ3v) is 5.24. The lowest BCUT2D eigenvalue weighted by Crippen LogP contribution is -2.31. The molecule has 1 aliphatic heterocycles. The number of carbonyl (C=O) groups is 1. The summed E-state index contributed by atoms with van der Waals surface area (Å²) in [5.41, 5.74) is 4.04. The van der Waals surface area contributed by atoms with Crippen molar-refractivity contribution in [3.05, 3.63) is 51.8 Å². The molecule has 2 aromatic rings. The molecule has 2 aliphatic rings. The SMILES string of the molecule is O=C(c1n[nH]c2c1CCCC2)N1CCC[C@H]1c1cccc(Cl)c1. The van der Waals surface area contributed by atoms with Crippen LogP contribution in [0.3, 0.4) is 0 Å². The number of hydrogen-bond donors (Lipinski definition) is 1. The number of aromatic amines is 1. The molecule has 0 spiro atoms. The molecule has 5 heteroatoms. The molecule has 1 saturated heterocycles. The molecule has 4 rings (SSSR count). The van der Waals surface area contributed by atoms with Gasteiger partial charge in [0.2, 0.25) is 0 Å². The Morgan fingerprint density at radius 2 is 2.13 bits per heavy atom. The van der Waals surface area contributed by atoms with Gasteiger partial charge in [-0.3, -0.25) is 9.89 Å². The fraction of sp³-hybridized carbons (Fsp3) is 0.444. The van der Waals surface area contributed by atoms with E-state index in [0.29, 0.717) is 5.69 Å². The number of hydrogen-bond acceptors (Lipinski definition) is 2. The number of halogens is 1. The van der Waals surface area contributed by atoms with Crippen molar-refractivity contribution in [1.82, 2.24) is 15.1 Å². The van der Waals surface area contributed by atoms with E-state index in [4.69, 9.17) is 11.6 Å². The van der Waals surface area contributed by atoms with Gasteiger partial charge in [0.15, 0.2) is 5.69 Å². The second-order valence-corrected chi connectivity index (χ2v) is 6.88. The Kier molecular flexibility index (Phi) is 3.85. The largest absolute Gasteiger partial charge is 0.330 e. The molecule has 1 aromatic heterocycles. The van der Waals surface area contributed by atoms with Crippen LogP contribution >= 0.6 is 11.6 Å². The molecule has 0 radical (unpaired) electrons. The van der Waals surface area contributed by atoms with Crippen molar-refractivity contribution < 1.29 is 4.79 Å². The number of rotatable bonds is 2. The van der Waals surface area contributed by atoms with Crippen molar-refractivity contribution in [2.24, 2.45) is 0 Å². The molecular formula is C18H20ClN3O. The predicted octanol–water partition coefficient (Wildman–Crippen LogP) is 3.92. The summed E-state index contributed by atoms with van der Waals surface area (Å²) < 4.78 is 0. The summed E-state index contributed by atoms with van der Waals surface area (Å²) in [4.78, 5) is 15.0. The maximum atomic E-state index is 13.1. The van der Waals surface area contributed by atoms with E-state index in [1.807, 2.05) is 23.1 Å². The van der Waals surface area contributed by atoms with Crippen molar-refractivity contribution >= 4 is 17.5 Å². The first kappa shape index (κ1) is 14.8. The number of aryl methyl sites for hydroxylation is 1. The highest BCUT2D eigenvalue weighted by Crippen LogP contribution is 2.35. The Balaban J connectivity index is 1.64. The summed E-state index contributed by atoms with van der Waals surface area (Å²) in [6.45, 7) is 0.789. The van der Waals surface area contributed by atoms with Crippen LogP contribution in [0.2, 0.25) is 5.02 Å². The average molecular weight is 330 g/mol. The van der Waals surface area contributed by atoms with Gasteiger partial charge in [0.25, 0.3) is 5.91 Å². The topological polar surface area (TPSA) is 49.0 Å². The number of fused-ring (bicyclic) bond motifs is 1. The van der Waals surface area contributed by atoms with Crippen LogP contribution in [-0.2, 0) is 12.8 Å². The van der Waals surface area contributed by atoms with Crippen molar-refractivity contribution in [3.8, 4) is 0 Å². The number of aromatic nitrogens is 2. The fourth-order valence-corrected chi connectivity index (χ4v) is 4.06. The van der Waals surface area contributed by atoms with Crippen molar-refractivity contribution in [2.75, 3.05) is 6.54 Å². The van der Waals surface area contributed by atoms with Gasteiger partial charge in [0.1, 0.15) is 0 Å². The smallest absolute Gasteiger partial charge is 0.275 e. The van der Waals surface area contributed by atoms with Crippen molar-refractivity contribution in [2.45, 2.75) is 44.6 Å². The Morgan fingerprint density at radius 3 is 3.00 bits per heavy atom. The molecule has 0 unspecified atom stereocenters. The van der Waals surface area contributed by atoms with Crippen LogP contribution in [0.5, 0.6) is 0 Å². The molecule has 1 fully saturated rings. The van der Waals surface area contributed by atoms with E-state index < -0.39 is 0 Å². The van der Waals surface area contributed by atoms with Gasteiger partial charge >= 0.3 is 0 Å². The Hall–Kier alpha value is -1.81. The number of carbonyl (C=O) groups excluding carboxylic acids is 1. The van der Waals surface area contributed by atoms with Crippen LogP contribution in [0.4, 0.5) is 0 Å². The van der Waals surface area contributed by atoms with Gasteiger partial charge in [0.05, 0.1) is 6.04 Å². The van der Waals surface area contributed by atoms with Gasteiger partial charge in [-0.1, -0.05) is 23.7 Å². The minimum Gasteiger partial charge on any atom is -0.330 e. The molecule has 4 nitrogen and oxygen atoms in total. The van der Waals surface area contributed by atoms with E-state index in [9.17, 15) is 4.79 Å². The van der Waals surface area contributed by atoms with E-state index in [0.717, 1.165) is 60.5 Å². The monoisotopic (exact) mass is 329 g/mol. The van der Waals surface area contributed by atoms with Crippen LogP contribution in [-0.4, -0.2) is 27.5 Å². The summed E-state index contributed by atoms with van der Waals surface area (Å²) in [6, 6.07) is 7.96. The molecule has 0 saturated carbocycles. The number of benzene rings is 1. The Morgan fingerprint density at radius 1 is 1.26 bits per heavy atom. The van der Waals surface area contributed by atoms with Crippen LogP contribution in [0.1, 0.15) is 59.0 Å².